The Kier molecular flexibility index (Phi) is 2.79. The number of aliphatic hydroxyl groups excluding tert-OH is 1. The van der Waals surface area contributed by atoms with E-state index in [1.165, 1.54) is 0 Å². The largest absolute Gasteiger partial charge is 0.431 e. The van der Waals surface area contributed by atoms with Gasteiger partial charge >= 0.3 is 6.18 Å². The average Bonchev–Trinajstić information content (AvgIpc) is 2.32. The van der Waals surface area contributed by atoms with Gasteiger partial charge in [0.05, 0.1) is 19.1 Å². The zero-order valence-electron chi connectivity index (χ0n) is 7.38. The number of alkyl halides is 3. The molecular weight excluding hydrogens is 201 g/mol. The minimum atomic E-state index is -4.58. The lowest BCUT2D eigenvalue weighted by molar-refractivity contribution is -0.132. The van der Waals surface area contributed by atoms with E-state index in [2.05, 4.69) is 5.10 Å². The van der Waals surface area contributed by atoms with Crippen LogP contribution >= 0.6 is 0 Å². The number of hydrazone groups is 1. The van der Waals surface area contributed by atoms with Crippen LogP contribution in [0.15, 0.2) is 5.10 Å². The summed E-state index contributed by atoms with van der Waals surface area (Å²) in [5, 5.41) is 12.2. The van der Waals surface area contributed by atoms with E-state index in [1.54, 1.807) is 0 Å². The molecule has 1 atom stereocenters. The smallest absolute Gasteiger partial charge is 0.394 e. The maximum atomic E-state index is 12.2. The van der Waals surface area contributed by atoms with Gasteiger partial charge in [-0.05, 0) is 6.92 Å². The normalized spacial score (nSPS) is 22.9. The maximum absolute atomic E-state index is 12.2. The van der Waals surface area contributed by atoms with Crippen molar-refractivity contribution >= 4 is 11.6 Å². The van der Waals surface area contributed by atoms with E-state index < -0.39 is 30.3 Å². The molecule has 0 radical (unpaired) electrons. The van der Waals surface area contributed by atoms with Crippen molar-refractivity contribution < 1.29 is 23.1 Å². The van der Waals surface area contributed by atoms with Gasteiger partial charge in [0.25, 0.3) is 5.91 Å². The number of halogens is 3. The zero-order valence-corrected chi connectivity index (χ0v) is 7.38. The average molecular weight is 210 g/mol. The van der Waals surface area contributed by atoms with E-state index in [0.29, 0.717) is 5.01 Å². The van der Waals surface area contributed by atoms with Crippen LogP contribution in [-0.4, -0.2) is 41.1 Å². The molecule has 80 valence electrons. The van der Waals surface area contributed by atoms with E-state index in [4.69, 9.17) is 5.11 Å². The highest BCUT2D eigenvalue weighted by atomic mass is 19.4. The molecule has 1 unspecified atom stereocenters. The standard InChI is InChI=1S/C7H9F3N2O2/c1-4-5(7(8,9)10)11-12(2-3-13)6(4)14/h4,13H,2-3H2,1H3. The Morgan fingerprint density at radius 3 is 2.50 bits per heavy atom. The molecule has 1 heterocycles. The molecule has 1 aliphatic rings. The van der Waals surface area contributed by atoms with E-state index in [0.717, 1.165) is 6.92 Å². The third-order valence-corrected chi connectivity index (χ3v) is 1.87. The summed E-state index contributed by atoms with van der Waals surface area (Å²) in [6, 6.07) is 0. The van der Waals surface area contributed by atoms with Crippen LogP contribution in [0.25, 0.3) is 0 Å². The Hall–Kier alpha value is -1.11. The van der Waals surface area contributed by atoms with Crippen LogP contribution < -0.4 is 0 Å². The molecule has 1 amide bonds. The van der Waals surface area contributed by atoms with Crippen molar-refractivity contribution in [3.05, 3.63) is 0 Å². The Bertz CT molecular complexity index is 275. The highest BCUT2D eigenvalue weighted by Gasteiger charge is 2.47. The molecule has 0 bridgehead atoms. The minimum Gasteiger partial charge on any atom is -0.394 e. The van der Waals surface area contributed by atoms with Crippen molar-refractivity contribution in [3.63, 3.8) is 0 Å². The number of carbonyl (C=O) groups is 1. The van der Waals surface area contributed by atoms with Crippen LogP contribution in [0, 0.1) is 5.92 Å². The third kappa shape index (κ3) is 1.87. The number of nitrogens with zero attached hydrogens (tertiary/aromatic N) is 2. The Labute approximate surface area is 78.0 Å². The molecule has 7 heteroatoms. The molecule has 0 saturated carbocycles. The van der Waals surface area contributed by atoms with Gasteiger partial charge < -0.3 is 5.11 Å². The second-order valence-corrected chi connectivity index (χ2v) is 2.89. The van der Waals surface area contributed by atoms with Gasteiger partial charge in [-0.25, -0.2) is 5.01 Å². The molecule has 0 aromatic carbocycles. The van der Waals surface area contributed by atoms with E-state index in [-0.39, 0.29) is 6.54 Å². The van der Waals surface area contributed by atoms with Crippen LogP contribution in [0.1, 0.15) is 6.92 Å². The van der Waals surface area contributed by atoms with Crippen molar-refractivity contribution in [1.82, 2.24) is 5.01 Å². The fourth-order valence-corrected chi connectivity index (χ4v) is 1.16. The number of hydrogen-bond acceptors (Lipinski definition) is 3. The summed E-state index contributed by atoms with van der Waals surface area (Å²) < 4.78 is 36.7. The molecule has 0 saturated heterocycles. The molecule has 14 heavy (non-hydrogen) atoms. The predicted octanol–water partition coefficient (Wildman–Crippen LogP) is 0.375. The lowest BCUT2D eigenvalue weighted by Crippen LogP contribution is -2.31. The summed E-state index contributed by atoms with van der Waals surface area (Å²) in [4.78, 5) is 11.2. The fraction of sp³-hybridized carbons (Fsp3) is 0.714. The third-order valence-electron chi connectivity index (χ3n) is 1.87. The summed E-state index contributed by atoms with van der Waals surface area (Å²) in [7, 11) is 0. The SMILES string of the molecule is CC1C(=O)N(CCO)N=C1C(F)(F)F. The summed E-state index contributed by atoms with van der Waals surface area (Å²) in [6.45, 7) is 0.530. The number of aliphatic hydroxyl groups is 1. The molecule has 1 aliphatic heterocycles. The van der Waals surface area contributed by atoms with Crippen molar-refractivity contribution in [2.75, 3.05) is 13.2 Å². The minimum absolute atomic E-state index is 0.206. The van der Waals surface area contributed by atoms with Crippen LogP contribution in [0.3, 0.4) is 0 Å². The first kappa shape index (κ1) is 11.0. The first-order valence-electron chi connectivity index (χ1n) is 3.96. The van der Waals surface area contributed by atoms with Gasteiger partial charge in [-0.1, -0.05) is 0 Å². The first-order valence-corrected chi connectivity index (χ1v) is 3.96. The summed E-state index contributed by atoms with van der Waals surface area (Å²) in [6.07, 6.45) is -4.58. The van der Waals surface area contributed by atoms with Crippen molar-refractivity contribution in [3.8, 4) is 0 Å². The van der Waals surface area contributed by atoms with Crippen LogP contribution in [0.2, 0.25) is 0 Å². The fourth-order valence-electron chi connectivity index (χ4n) is 1.16. The van der Waals surface area contributed by atoms with Crippen molar-refractivity contribution in [1.29, 1.82) is 0 Å². The molecule has 0 aromatic rings. The van der Waals surface area contributed by atoms with Gasteiger partial charge in [0.2, 0.25) is 0 Å². The number of β-amino-alcohol motifs (C(OH)–C–C–N with tert-alkyl or cyclic N) is 1. The Morgan fingerprint density at radius 1 is 1.57 bits per heavy atom. The summed E-state index contributed by atoms with van der Waals surface area (Å²) in [5.74, 6) is -2.01. The molecule has 1 N–H and O–H groups in total. The number of amides is 1. The monoisotopic (exact) mass is 210 g/mol. The van der Waals surface area contributed by atoms with Gasteiger partial charge in [-0.15, -0.1) is 0 Å². The second kappa shape index (κ2) is 3.56. The molecule has 1 rings (SSSR count). The first-order chi connectivity index (χ1) is 6.38. The predicted molar refractivity (Wildman–Crippen MR) is 41.5 cm³/mol. The molecule has 0 aliphatic carbocycles. The van der Waals surface area contributed by atoms with Crippen molar-refractivity contribution in [2.24, 2.45) is 11.0 Å². The van der Waals surface area contributed by atoms with Crippen LogP contribution in [0.4, 0.5) is 13.2 Å². The molecular formula is C7H9F3N2O2. The van der Waals surface area contributed by atoms with Gasteiger partial charge in [0, 0.05) is 0 Å². The van der Waals surface area contributed by atoms with Gasteiger partial charge in [0.1, 0.15) is 0 Å². The quantitative estimate of drug-likeness (QED) is 0.716. The zero-order chi connectivity index (χ0) is 10.9. The van der Waals surface area contributed by atoms with Crippen molar-refractivity contribution in [2.45, 2.75) is 13.1 Å². The summed E-state index contributed by atoms with van der Waals surface area (Å²) in [5.41, 5.74) is -1.10. The molecule has 0 spiro atoms. The molecule has 4 nitrogen and oxygen atoms in total. The number of carbonyl (C=O) groups excluding carboxylic acids is 1. The lowest BCUT2D eigenvalue weighted by atomic mass is 10.1. The highest BCUT2D eigenvalue weighted by molar-refractivity contribution is 6.10. The lowest BCUT2D eigenvalue weighted by Gasteiger charge is -2.09. The number of rotatable bonds is 2. The van der Waals surface area contributed by atoms with E-state index >= 15 is 0 Å². The second-order valence-electron chi connectivity index (χ2n) is 2.89. The van der Waals surface area contributed by atoms with E-state index in [9.17, 15) is 18.0 Å². The van der Waals surface area contributed by atoms with Crippen LogP contribution in [-0.2, 0) is 4.79 Å². The van der Waals surface area contributed by atoms with Gasteiger partial charge in [0.15, 0.2) is 5.71 Å². The van der Waals surface area contributed by atoms with Gasteiger partial charge in [-0.2, -0.15) is 18.3 Å². The summed E-state index contributed by atoms with van der Waals surface area (Å²) >= 11 is 0. The van der Waals surface area contributed by atoms with Gasteiger partial charge in [-0.3, -0.25) is 4.79 Å². The van der Waals surface area contributed by atoms with Crippen LogP contribution in [0.5, 0.6) is 0 Å². The maximum Gasteiger partial charge on any atom is 0.431 e. The molecule has 0 fully saturated rings. The Morgan fingerprint density at radius 2 is 2.14 bits per heavy atom. The Balaban J connectivity index is 2.87. The topological polar surface area (TPSA) is 52.9 Å². The number of hydrogen-bond donors (Lipinski definition) is 1. The van der Waals surface area contributed by atoms with E-state index in [1.807, 2.05) is 0 Å². The molecule has 0 aromatic heterocycles. The highest BCUT2D eigenvalue weighted by Crippen LogP contribution is 2.28.